The second kappa shape index (κ2) is 7.97. The lowest BCUT2D eigenvalue weighted by Gasteiger charge is -2.42. The Hall–Kier alpha value is -1.08. The van der Waals surface area contributed by atoms with E-state index in [0.29, 0.717) is 0 Å². The monoisotopic (exact) mass is 297 g/mol. The van der Waals surface area contributed by atoms with Gasteiger partial charge in [0.2, 0.25) is 0 Å². The second-order valence-electron chi connectivity index (χ2n) is 7.19. The molecular weight excluding hydrogens is 266 g/mol. The predicted molar refractivity (Wildman–Crippen MR) is 96.0 cm³/mol. The summed E-state index contributed by atoms with van der Waals surface area (Å²) in [6, 6.07) is 9.81. The van der Waals surface area contributed by atoms with Gasteiger partial charge in [-0.15, -0.1) is 0 Å². The SMILES string of the molecule is C=Cc1ccc(CCN2CCCCC2C2CCCCC2)cc1. The Labute approximate surface area is 136 Å². The minimum absolute atomic E-state index is 0.876. The number of hydrogen-bond donors (Lipinski definition) is 0. The van der Waals surface area contributed by atoms with E-state index in [1.54, 1.807) is 0 Å². The first-order valence-corrected chi connectivity index (χ1v) is 9.32. The Morgan fingerprint density at radius 2 is 1.68 bits per heavy atom. The summed E-state index contributed by atoms with van der Waals surface area (Å²) in [5, 5.41) is 0. The van der Waals surface area contributed by atoms with E-state index in [1.165, 1.54) is 82.0 Å². The zero-order valence-electron chi connectivity index (χ0n) is 14.0. The quantitative estimate of drug-likeness (QED) is 0.712. The molecule has 22 heavy (non-hydrogen) atoms. The van der Waals surface area contributed by atoms with Crippen molar-refractivity contribution >= 4 is 6.08 Å². The highest BCUT2D eigenvalue weighted by Crippen LogP contribution is 2.33. The summed E-state index contributed by atoms with van der Waals surface area (Å²) in [5.74, 6) is 0.984. The Bertz CT molecular complexity index is 455. The molecule has 2 aliphatic rings. The van der Waals surface area contributed by atoms with Crippen LogP contribution in [0, 0.1) is 5.92 Å². The zero-order valence-corrected chi connectivity index (χ0v) is 14.0. The molecular formula is C21H31N. The summed E-state index contributed by atoms with van der Waals surface area (Å²) in [5.41, 5.74) is 2.69. The van der Waals surface area contributed by atoms with E-state index in [0.717, 1.165) is 12.0 Å². The molecule has 1 atom stereocenters. The fourth-order valence-corrected chi connectivity index (χ4v) is 4.44. The molecule has 1 unspecified atom stereocenters. The van der Waals surface area contributed by atoms with Gasteiger partial charge < -0.3 is 0 Å². The van der Waals surface area contributed by atoms with Crippen LogP contribution >= 0.6 is 0 Å². The molecule has 1 aliphatic carbocycles. The van der Waals surface area contributed by atoms with Gasteiger partial charge in [-0.2, -0.15) is 0 Å². The topological polar surface area (TPSA) is 3.24 Å². The molecule has 0 radical (unpaired) electrons. The third kappa shape index (κ3) is 4.01. The van der Waals surface area contributed by atoms with E-state index in [-0.39, 0.29) is 0 Å². The van der Waals surface area contributed by atoms with Gasteiger partial charge in [0.15, 0.2) is 0 Å². The molecule has 1 aromatic rings. The molecule has 0 spiro atoms. The van der Waals surface area contributed by atoms with E-state index >= 15 is 0 Å². The molecule has 1 aliphatic heterocycles. The van der Waals surface area contributed by atoms with Gasteiger partial charge >= 0.3 is 0 Å². The van der Waals surface area contributed by atoms with Gasteiger partial charge in [0.05, 0.1) is 0 Å². The maximum Gasteiger partial charge on any atom is 0.0124 e. The van der Waals surface area contributed by atoms with Crippen LogP contribution in [0.4, 0.5) is 0 Å². The molecule has 1 nitrogen and oxygen atoms in total. The minimum Gasteiger partial charge on any atom is -0.300 e. The van der Waals surface area contributed by atoms with Gasteiger partial charge in [-0.1, -0.05) is 62.6 Å². The maximum absolute atomic E-state index is 3.83. The highest BCUT2D eigenvalue weighted by Gasteiger charge is 2.30. The summed E-state index contributed by atoms with van der Waals surface area (Å²) in [7, 11) is 0. The van der Waals surface area contributed by atoms with Crippen molar-refractivity contribution in [3.05, 3.63) is 42.0 Å². The third-order valence-electron chi connectivity index (χ3n) is 5.76. The number of hydrogen-bond acceptors (Lipinski definition) is 1. The molecule has 1 aromatic carbocycles. The first kappa shape index (κ1) is 15.8. The third-order valence-corrected chi connectivity index (χ3v) is 5.76. The van der Waals surface area contributed by atoms with Crippen molar-refractivity contribution < 1.29 is 0 Å². The summed E-state index contributed by atoms with van der Waals surface area (Å²) in [4.78, 5) is 2.82. The molecule has 1 heteroatoms. The van der Waals surface area contributed by atoms with E-state index in [4.69, 9.17) is 0 Å². The number of piperidine rings is 1. The van der Waals surface area contributed by atoms with Crippen LogP contribution in [0.3, 0.4) is 0 Å². The fourth-order valence-electron chi connectivity index (χ4n) is 4.44. The summed E-state index contributed by atoms with van der Waals surface area (Å²) in [6.07, 6.45) is 14.8. The van der Waals surface area contributed by atoms with E-state index in [9.17, 15) is 0 Å². The smallest absolute Gasteiger partial charge is 0.0124 e. The van der Waals surface area contributed by atoms with Crippen LogP contribution in [0.5, 0.6) is 0 Å². The van der Waals surface area contributed by atoms with Crippen molar-refractivity contribution in [2.24, 2.45) is 5.92 Å². The van der Waals surface area contributed by atoms with Gasteiger partial charge in [-0.25, -0.2) is 0 Å². The average molecular weight is 297 g/mol. The van der Waals surface area contributed by atoms with E-state index < -0.39 is 0 Å². The summed E-state index contributed by atoms with van der Waals surface area (Å²) < 4.78 is 0. The van der Waals surface area contributed by atoms with E-state index in [1.807, 2.05) is 6.08 Å². The molecule has 1 heterocycles. The van der Waals surface area contributed by atoms with Gasteiger partial charge in [0, 0.05) is 12.6 Å². The number of nitrogens with zero attached hydrogens (tertiary/aromatic N) is 1. The molecule has 1 saturated carbocycles. The largest absolute Gasteiger partial charge is 0.300 e. The Morgan fingerprint density at radius 3 is 2.41 bits per heavy atom. The van der Waals surface area contributed by atoms with Crippen LogP contribution in [0.25, 0.3) is 6.08 Å². The van der Waals surface area contributed by atoms with Gasteiger partial charge in [-0.05, 0) is 55.7 Å². The van der Waals surface area contributed by atoms with Crippen LogP contribution in [0.1, 0.15) is 62.5 Å². The van der Waals surface area contributed by atoms with Crippen molar-refractivity contribution in [2.75, 3.05) is 13.1 Å². The Morgan fingerprint density at radius 1 is 0.955 bits per heavy atom. The maximum atomic E-state index is 3.83. The van der Waals surface area contributed by atoms with Crippen LogP contribution < -0.4 is 0 Å². The predicted octanol–water partition coefficient (Wildman–Crippen LogP) is 5.31. The summed E-state index contributed by atoms with van der Waals surface area (Å²) in [6.45, 7) is 6.40. The minimum atomic E-state index is 0.876. The molecule has 120 valence electrons. The van der Waals surface area contributed by atoms with Crippen molar-refractivity contribution in [3.63, 3.8) is 0 Å². The number of likely N-dealkylation sites (tertiary alicyclic amines) is 1. The molecule has 3 rings (SSSR count). The van der Waals surface area contributed by atoms with Crippen LogP contribution in [0.15, 0.2) is 30.8 Å². The highest BCUT2D eigenvalue weighted by molar-refractivity contribution is 5.47. The first-order chi connectivity index (χ1) is 10.9. The standard InChI is InChI=1S/C21H31N/c1-2-18-11-13-19(14-12-18)15-17-22-16-7-6-10-21(22)20-8-4-3-5-9-20/h2,11-14,20-21H,1,3-10,15-17H2. The molecule has 0 amide bonds. The number of rotatable bonds is 5. The van der Waals surface area contributed by atoms with Crippen LogP contribution in [-0.4, -0.2) is 24.0 Å². The van der Waals surface area contributed by atoms with Crippen molar-refractivity contribution in [2.45, 2.75) is 63.8 Å². The molecule has 0 bridgehead atoms. The van der Waals surface area contributed by atoms with E-state index in [2.05, 4.69) is 35.7 Å². The fraction of sp³-hybridized carbons (Fsp3) is 0.619. The summed E-state index contributed by atoms with van der Waals surface area (Å²) >= 11 is 0. The lowest BCUT2D eigenvalue weighted by molar-refractivity contribution is 0.0824. The van der Waals surface area contributed by atoms with Crippen LogP contribution in [0.2, 0.25) is 0 Å². The normalized spacial score (nSPS) is 24.3. The Balaban J connectivity index is 1.57. The first-order valence-electron chi connectivity index (χ1n) is 9.32. The van der Waals surface area contributed by atoms with Gasteiger partial charge in [-0.3, -0.25) is 4.90 Å². The highest BCUT2D eigenvalue weighted by atomic mass is 15.2. The van der Waals surface area contributed by atoms with Crippen LogP contribution in [-0.2, 0) is 6.42 Å². The van der Waals surface area contributed by atoms with Crippen molar-refractivity contribution in [1.82, 2.24) is 4.90 Å². The Kier molecular flexibility index (Phi) is 5.72. The van der Waals surface area contributed by atoms with Gasteiger partial charge in [0.1, 0.15) is 0 Å². The van der Waals surface area contributed by atoms with Crippen molar-refractivity contribution in [1.29, 1.82) is 0 Å². The molecule has 0 aromatic heterocycles. The molecule has 2 fully saturated rings. The average Bonchev–Trinajstić information content (AvgIpc) is 2.61. The lowest BCUT2D eigenvalue weighted by Crippen LogP contribution is -2.45. The zero-order chi connectivity index (χ0) is 15.2. The lowest BCUT2D eigenvalue weighted by atomic mass is 9.80. The van der Waals surface area contributed by atoms with Crippen molar-refractivity contribution in [3.8, 4) is 0 Å². The molecule has 1 saturated heterocycles. The van der Waals surface area contributed by atoms with Gasteiger partial charge in [0.25, 0.3) is 0 Å². The second-order valence-corrected chi connectivity index (χ2v) is 7.19. The number of benzene rings is 1. The molecule has 0 N–H and O–H groups in total.